The highest BCUT2D eigenvalue weighted by Gasteiger charge is 2.46. The first-order chi connectivity index (χ1) is 11.6. The third-order valence-electron chi connectivity index (χ3n) is 4.82. The molecule has 0 saturated heterocycles. The number of amides is 1. The zero-order valence-corrected chi connectivity index (χ0v) is 13.4. The lowest BCUT2D eigenvalue weighted by Gasteiger charge is -2.12. The molecule has 1 amide bonds. The first kappa shape index (κ1) is 15.3. The molecule has 0 radical (unpaired) electrons. The molecular formula is C17H20FN5O. The van der Waals surface area contributed by atoms with Gasteiger partial charge in [-0.15, -0.1) is 10.2 Å². The number of aryl methyl sites for hydroxylation is 1. The van der Waals surface area contributed by atoms with Crippen molar-refractivity contribution in [2.45, 2.75) is 50.6 Å². The van der Waals surface area contributed by atoms with Crippen LogP contribution in [0.25, 0.3) is 11.4 Å². The van der Waals surface area contributed by atoms with Gasteiger partial charge in [-0.1, -0.05) is 6.42 Å². The fourth-order valence-electron chi connectivity index (χ4n) is 3.08. The van der Waals surface area contributed by atoms with Crippen molar-refractivity contribution in [3.8, 4) is 11.4 Å². The zero-order chi connectivity index (χ0) is 16.7. The van der Waals surface area contributed by atoms with E-state index in [9.17, 15) is 9.18 Å². The number of nitrogens with two attached hydrogens (primary N) is 1. The summed E-state index contributed by atoms with van der Waals surface area (Å²) in [6.07, 6.45) is 5.48. The molecule has 1 aromatic heterocycles. The quantitative estimate of drug-likeness (QED) is 0.904. The number of rotatable bonds is 3. The topological polar surface area (TPSA) is 85.8 Å². The second kappa shape index (κ2) is 5.66. The molecule has 0 atom stereocenters. The minimum atomic E-state index is -0.763. The first-order valence-electron chi connectivity index (χ1n) is 8.39. The summed E-state index contributed by atoms with van der Waals surface area (Å²) in [5, 5.41) is 11.2. The third-order valence-corrected chi connectivity index (χ3v) is 4.82. The maximum absolute atomic E-state index is 14.4. The molecule has 2 heterocycles. The molecule has 6 nitrogen and oxygen atoms in total. The van der Waals surface area contributed by atoms with Crippen molar-refractivity contribution in [2.75, 3.05) is 5.32 Å². The monoisotopic (exact) mass is 329 g/mol. The summed E-state index contributed by atoms with van der Waals surface area (Å²) < 4.78 is 16.4. The average molecular weight is 329 g/mol. The van der Waals surface area contributed by atoms with Crippen LogP contribution in [-0.4, -0.2) is 26.2 Å². The van der Waals surface area contributed by atoms with Gasteiger partial charge in [-0.05, 0) is 43.9 Å². The Kier molecular flexibility index (Phi) is 3.60. The maximum atomic E-state index is 14.4. The number of hydrogen-bond acceptors (Lipinski definition) is 4. The molecule has 2 aromatic rings. The van der Waals surface area contributed by atoms with E-state index in [1.807, 2.05) is 4.57 Å². The lowest BCUT2D eigenvalue weighted by molar-refractivity contribution is -0.118. The number of nitrogens with one attached hydrogen (secondary N) is 1. The van der Waals surface area contributed by atoms with Crippen LogP contribution in [0.4, 0.5) is 10.1 Å². The summed E-state index contributed by atoms with van der Waals surface area (Å²) in [7, 11) is 0. The summed E-state index contributed by atoms with van der Waals surface area (Å²) in [5.74, 6) is 0.825. The molecule has 24 heavy (non-hydrogen) atoms. The van der Waals surface area contributed by atoms with Crippen LogP contribution in [0.3, 0.4) is 0 Å². The Bertz CT molecular complexity index is 796. The van der Waals surface area contributed by atoms with E-state index in [1.54, 1.807) is 12.1 Å². The summed E-state index contributed by atoms with van der Waals surface area (Å²) in [6, 6.07) is 4.50. The van der Waals surface area contributed by atoms with Crippen molar-refractivity contribution < 1.29 is 9.18 Å². The van der Waals surface area contributed by atoms with E-state index < -0.39 is 5.54 Å². The van der Waals surface area contributed by atoms with E-state index in [0.717, 1.165) is 38.1 Å². The van der Waals surface area contributed by atoms with Crippen LogP contribution in [0.1, 0.15) is 37.9 Å². The molecular weight excluding hydrogens is 309 g/mol. The Balaban J connectivity index is 1.67. The molecule has 3 N–H and O–H groups in total. The van der Waals surface area contributed by atoms with Crippen LogP contribution >= 0.6 is 0 Å². The third kappa shape index (κ3) is 2.69. The smallest absolute Gasteiger partial charge is 0.244 e. The van der Waals surface area contributed by atoms with Crippen LogP contribution in [-0.2, 0) is 17.8 Å². The van der Waals surface area contributed by atoms with Gasteiger partial charge in [0.1, 0.15) is 11.6 Å². The van der Waals surface area contributed by atoms with Gasteiger partial charge in [-0.2, -0.15) is 0 Å². The summed E-state index contributed by atoms with van der Waals surface area (Å²) in [5.41, 5.74) is 6.02. The van der Waals surface area contributed by atoms with Gasteiger partial charge >= 0.3 is 0 Å². The SMILES string of the molecule is NC1(C(=O)Nc2ccc(F)c(-c3nnc4n3CCCCC4)c2)CC1. The van der Waals surface area contributed by atoms with E-state index in [-0.39, 0.29) is 11.7 Å². The first-order valence-corrected chi connectivity index (χ1v) is 8.39. The lowest BCUT2D eigenvalue weighted by Crippen LogP contribution is -2.37. The number of hydrogen-bond donors (Lipinski definition) is 2. The van der Waals surface area contributed by atoms with Gasteiger partial charge < -0.3 is 15.6 Å². The van der Waals surface area contributed by atoms with E-state index in [4.69, 9.17) is 5.73 Å². The molecule has 126 valence electrons. The number of anilines is 1. The maximum Gasteiger partial charge on any atom is 0.244 e. The standard InChI is InChI=1S/C17H20FN5O/c18-13-6-5-11(20-16(24)17(19)7-8-17)10-12(13)15-22-21-14-4-2-1-3-9-23(14)15/h5-6,10H,1-4,7-9,19H2,(H,20,24). The number of carbonyl (C=O) groups is 1. The number of aromatic nitrogens is 3. The van der Waals surface area contributed by atoms with E-state index in [2.05, 4.69) is 15.5 Å². The predicted octanol–water partition coefficient (Wildman–Crippen LogP) is 2.24. The molecule has 1 aromatic carbocycles. The Labute approximate surface area is 139 Å². The van der Waals surface area contributed by atoms with E-state index in [0.29, 0.717) is 29.9 Å². The molecule has 1 fully saturated rings. The molecule has 7 heteroatoms. The number of fused-ring (bicyclic) bond motifs is 1. The Morgan fingerprint density at radius 2 is 2.08 bits per heavy atom. The molecule has 0 spiro atoms. The molecule has 0 unspecified atom stereocenters. The van der Waals surface area contributed by atoms with Crippen molar-refractivity contribution in [3.05, 3.63) is 29.8 Å². The number of benzene rings is 1. The molecule has 2 aliphatic rings. The van der Waals surface area contributed by atoms with E-state index >= 15 is 0 Å². The molecule has 4 rings (SSSR count). The van der Waals surface area contributed by atoms with Gasteiger partial charge in [0.15, 0.2) is 5.82 Å². The van der Waals surface area contributed by atoms with Crippen LogP contribution in [0.2, 0.25) is 0 Å². The highest BCUT2D eigenvalue weighted by atomic mass is 19.1. The molecule has 1 aliphatic heterocycles. The predicted molar refractivity (Wildman–Crippen MR) is 87.8 cm³/mol. The summed E-state index contributed by atoms with van der Waals surface area (Å²) in [6.45, 7) is 0.791. The Morgan fingerprint density at radius 3 is 2.88 bits per heavy atom. The largest absolute Gasteiger partial charge is 0.324 e. The minimum Gasteiger partial charge on any atom is -0.324 e. The molecule has 1 aliphatic carbocycles. The normalized spacial score (nSPS) is 18.6. The van der Waals surface area contributed by atoms with Crippen molar-refractivity contribution in [2.24, 2.45) is 5.73 Å². The van der Waals surface area contributed by atoms with Crippen LogP contribution in [0, 0.1) is 5.82 Å². The van der Waals surface area contributed by atoms with Crippen LogP contribution in [0.5, 0.6) is 0 Å². The fourth-order valence-corrected chi connectivity index (χ4v) is 3.08. The van der Waals surface area contributed by atoms with Crippen LogP contribution in [0.15, 0.2) is 18.2 Å². The second-order valence-corrected chi connectivity index (χ2v) is 6.71. The number of carbonyl (C=O) groups excluding carboxylic acids is 1. The minimum absolute atomic E-state index is 0.222. The van der Waals surface area contributed by atoms with Gasteiger partial charge in [0.05, 0.1) is 11.1 Å². The zero-order valence-electron chi connectivity index (χ0n) is 13.4. The van der Waals surface area contributed by atoms with Crippen molar-refractivity contribution in [3.63, 3.8) is 0 Å². The average Bonchev–Trinajstić information content (AvgIpc) is 3.27. The summed E-state index contributed by atoms with van der Waals surface area (Å²) in [4.78, 5) is 12.1. The number of halogens is 1. The van der Waals surface area contributed by atoms with Gasteiger partial charge in [0.2, 0.25) is 5.91 Å². The highest BCUT2D eigenvalue weighted by molar-refractivity contribution is 6.00. The molecule has 0 bridgehead atoms. The second-order valence-electron chi connectivity index (χ2n) is 6.71. The Morgan fingerprint density at radius 1 is 1.25 bits per heavy atom. The highest BCUT2D eigenvalue weighted by Crippen LogP contribution is 2.34. The van der Waals surface area contributed by atoms with Crippen molar-refractivity contribution >= 4 is 11.6 Å². The van der Waals surface area contributed by atoms with E-state index in [1.165, 1.54) is 6.07 Å². The number of nitrogens with zero attached hydrogens (tertiary/aromatic N) is 3. The van der Waals surface area contributed by atoms with Gasteiger partial charge in [-0.3, -0.25) is 4.79 Å². The fraction of sp³-hybridized carbons (Fsp3) is 0.471. The van der Waals surface area contributed by atoms with Crippen molar-refractivity contribution in [1.82, 2.24) is 14.8 Å². The van der Waals surface area contributed by atoms with Gasteiger partial charge in [0, 0.05) is 18.7 Å². The summed E-state index contributed by atoms with van der Waals surface area (Å²) >= 11 is 0. The van der Waals surface area contributed by atoms with Gasteiger partial charge in [-0.25, -0.2) is 4.39 Å². The van der Waals surface area contributed by atoms with Crippen molar-refractivity contribution in [1.29, 1.82) is 0 Å². The Hall–Kier alpha value is -2.28. The lowest BCUT2D eigenvalue weighted by atomic mass is 10.1. The van der Waals surface area contributed by atoms with Crippen LogP contribution < -0.4 is 11.1 Å². The molecule has 1 saturated carbocycles. The van der Waals surface area contributed by atoms with Gasteiger partial charge in [0.25, 0.3) is 0 Å².